The molecule has 1 unspecified atom stereocenters. The van der Waals surface area contributed by atoms with Crippen LogP contribution < -0.4 is 11.1 Å². The van der Waals surface area contributed by atoms with E-state index >= 15 is 0 Å². The third kappa shape index (κ3) is 13.5. The number of hydrogen-bond donors (Lipinski definition) is 3. The Morgan fingerprint density at radius 1 is 1.33 bits per heavy atom. The summed E-state index contributed by atoms with van der Waals surface area (Å²) in [7, 11) is 0. The van der Waals surface area contributed by atoms with Crippen molar-refractivity contribution in [3.63, 3.8) is 0 Å². The highest BCUT2D eigenvalue weighted by molar-refractivity contribution is 5.85. The van der Waals surface area contributed by atoms with Crippen LogP contribution in [0.25, 0.3) is 0 Å². The lowest BCUT2D eigenvalue weighted by Gasteiger charge is -2.05. The van der Waals surface area contributed by atoms with E-state index in [2.05, 4.69) is 5.32 Å². The minimum Gasteiger partial charge on any atom is -0.480 e. The second-order valence-corrected chi connectivity index (χ2v) is 2.92. The fourth-order valence-electron chi connectivity index (χ4n) is 0.877. The molecule has 5 nitrogen and oxygen atoms in total. The third-order valence-electron chi connectivity index (χ3n) is 1.63. The fourth-order valence-corrected chi connectivity index (χ4v) is 0.877. The molecule has 1 amide bonds. The monoisotopic (exact) mass is 260 g/mol. The topological polar surface area (TPSA) is 92.4 Å². The SMILES string of the molecule is CC(=O)NCCCCC(N)C(=O)O.Cl.Cl. The largest absolute Gasteiger partial charge is 0.480 e. The molecule has 0 rings (SSSR count). The van der Waals surface area contributed by atoms with Gasteiger partial charge in [-0.15, -0.1) is 24.8 Å². The highest BCUT2D eigenvalue weighted by Gasteiger charge is 2.09. The number of aliphatic carboxylic acids is 1. The molecule has 0 heterocycles. The van der Waals surface area contributed by atoms with Crippen molar-refractivity contribution in [1.82, 2.24) is 5.32 Å². The molecular weight excluding hydrogens is 243 g/mol. The molecule has 0 aromatic rings. The van der Waals surface area contributed by atoms with E-state index in [0.717, 1.165) is 6.42 Å². The first-order chi connectivity index (χ1) is 6.04. The molecule has 92 valence electrons. The summed E-state index contributed by atoms with van der Waals surface area (Å²) in [4.78, 5) is 20.7. The minimum absolute atomic E-state index is 0. The quantitative estimate of drug-likeness (QED) is 0.609. The zero-order chi connectivity index (χ0) is 10.3. The van der Waals surface area contributed by atoms with Crippen LogP contribution in [0.15, 0.2) is 0 Å². The summed E-state index contributed by atoms with van der Waals surface area (Å²) in [6.45, 7) is 2.03. The maximum absolute atomic E-state index is 10.4. The van der Waals surface area contributed by atoms with Crippen molar-refractivity contribution in [2.24, 2.45) is 5.73 Å². The molecular formula is C8H18Cl2N2O3. The van der Waals surface area contributed by atoms with E-state index < -0.39 is 12.0 Å². The van der Waals surface area contributed by atoms with Gasteiger partial charge in [-0.1, -0.05) is 0 Å². The Morgan fingerprint density at radius 3 is 2.27 bits per heavy atom. The molecule has 0 saturated heterocycles. The molecule has 0 radical (unpaired) electrons. The summed E-state index contributed by atoms with van der Waals surface area (Å²) in [5.74, 6) is -1.04. The Labute approximate surface area is 102 Å². The summed E-state index contributed by atoms with van der Waals surface area (Å²) in [6, 6.07) is -0.780. The van der Waals surface area contributed by atoms with Gasteiger partial charge in [-0.2, -0.15) is 0 Å². The Bertz CT molecular complexity index is 191. The highest BCUT2D eigenvalue weighted by Crippen LogP contribution is 1.97. The number of carboxylic acid groups (broad SMARTS) is 1. The summed E-state index contributed by atoms with van der Waals surface area (Å²) in [5, 5.41) is 11.1. The Kier molecular flexibility index (Phi) is 15.4. The predicted octanol–water partition coefficient (Wildman–Crippen LogP) is 0.548. The molecule has 0 aliphatic carbocycles. The predicted molar refractivity (Wildman–Crippen MR) is 62.6 cm³/mol. The van der Waals surface area contributed by atoms with Gasteiger partial charge in [0.15, 0.2) is 0 Å². The van der Waals surface area contributed by atoms with Crippen molar-refractivity contribution in [1.29, 1.82) is 0 Å². The van der Waals surface area contributed by atoms with Crippen LogP contribution in [-0.4, -0.2) is 29.6 Å². The van der Waals surface area contributed by atoms with E-state index in [1.54, 1.807) is 0 Å². The van der Waals surface area contributed by atoms with E-state index in [-0.39, 0.29) is 30.7 Å². The van der Waals surface area contributed by atoms with Crippen molar-refractivity contribution >= 4 is 36.7 Å². The standard InChI is InChI=1S/C8H16N2O3.2ClH/c1-6(11)10-5-3-2-4-7(9)8(12)13;;/h7H,2-5,9H2,1H3,(H,10,11)(H,12,13);2*1H. The first kappa shape index (κ1) is 20.0. The highest BCUT2D eigenvalue weighted by atomic mass is 35.5. The van der Waals surface area contributed by atoms with Crippen molar-refractivity contribution in [3.05, 3.63) is 0 Å². The second-order valence-electron chi connectivity index (χ2n) is 2.92. The average Bonchev–Trinajstić information content (AvgIpc) is 2.02. The number of unbranched alkanes of at least 4 members (excludes halogenated alkanes) is 1. The number of amides is 1. The number of nitrogens with one attached hydrogen (secondary N) is 1. The smallest absolute Gasteiger partial charge is 0.320 e. The van der Waals surface area contributed by atoms with Gasteiger partial charge in [0.2, 0.25) is 5.91 Å². The molecule has 0 aromatic heterocycles. The van der Waals surface area contributed by atoms with Crippen LogP contribution >= 0.6 is 24.8 Å². The fraction of sp³-hybridized carbons (Fsp3) is 0.750. The second kappa shape index (κ2) is 11.6. The lowest BCUT2D eigenvalue weighted by molar-refractivity contribution is -0.138. The van der Waals surface area contributed by atoms with Gasteiger partial charge < -0.3 is 16.2 Å². The maximum Gasteiger partial charge on any atom is 0.320 e. The van der Waals surface area contributed by atoms with Crippen molar-refractivity contribution in [2.45, 2.75) is 32.2 Å². The van der Waals surface area contributed by atoms with Crippen LogP contribution in [0.1, 0.15) is 26.2 Å². The zero-order valence-corrected chi connectivity index (χ0v) is 10.2. The molecule has 0 bridgehead atoms. The molecule has 0 spiro atoms. The minimum atomic E-state index is -0.973. The molecule has 0 aliphatic rings. The molecule has 7 heteroatoms. The number of rotatable bonds is 6. The molecule has 4 N–H and O–H groups in total. The van der Waals surface area contributed by atoms with Gasteiger partial charge in [0.1, 0.15) is 6.04 Å². The molecule has 0 fully saturated rings. The van der Waals surface area contributed by atoms with Gasteiger partial charge in [0.05, 0.1) is 0 Å². The van der Waals surface area contributed by atoms with Crippen LogP contribution in [0.5, 0.6) is 0 Å². The Hall–Kier alpha value is -0.520. The van der Waals surface area contributed by atoms with E-state index in [0.29, 0.717) is 19.4 Å². The zero-order valence-electron chi connectivity index (χ0n) is 8.56. The maximum atomic E-state index is 10.4. The number of carbonyl (C=O) groups excluding carboxylic acids is 1. The van der Waals surface area contributed by atoms with Crippen molar-refractivity contribution in [2.75, 3.05) is 6.54 Å². The molecule has 1 atom stereocenters. The molecule has 15 heavy (non-hydrogen) atoms. The van der Waals surface area contributed by atoms with Crippen LogP contribution in [0.4, 0.5) is 0 Å². The lowest BCUT2D eigenvalue weighted by atomic mass is 10.1. The van der Waals surface area contributed by atoms with Gasteiger partial charge >= 0.3 is 5.97 Å². The first-order valence-electron chi connectivity index (χ1n) is 4.27. The average molecular weight is 261 g/mol. The molecule has 0 saturated carbocycles. The number of carbonyl (C=O) groups is 2. The van der Waals surface area contributed by atoms with Gasteiger partial charge in [0.25, 0.3) is 0 Å². The van der Waals surface area contributed by atoms with E-state index in [1.807, 2.05) is 0 Å². The Balaban J connectivity index is -0.000000720. The van der Waals surface area contributed by atoms with Gasteiger partial charge in [-0.3, -0.25) is 9.59 Å². The van der Waals surface area contributed by atoms with Crippen LogP contribution in [0.2, 0.25) is 0 Å². The van der Waals surface area contributed by atoms with Gasteiger partial charge in [-0.05, 0) is 19.3 Å². The van der Waals surface area contributed by atoms with Gasteiger partial charge in [0, 0.05) is 13.5 Å². The van der Waals surface area contributed by atoms with E-state index in [1.165, 1.54) is 6.92 Å². The summed E-state index contributed by atoms with van der Waals surface area (Å²) >= 11 is 0. The summed E-state index contributed by atoms with van der Waals surface area (Å²) in [6.07, 6.45) is 1.93. The normalized spacial score (nSPS) is 10.5. The lowest BCUT2D eigenvalue weighted by Crippen LogP contribution is -2.30. The number of hydrogen-bond acceptors (Lipinski definition) is 3. The van der Waals surface area contributed by atoms with Crippen LogP contribution in [-0.2, 0) is 9.59 Å². The molecule has 0 aliphatic heterocycles. The third-order valence-corrected chi connectivity index (χ3v) is 1.63. The van der Waals surface area contributed by atoms with Crippen LogP contribution in [0, 0.1) is 0 Å². The molecule has 0 aromatic carbocycles. The van der Waals surface area contributed by atoms with Gasteiger partial charge in [-0.25, -0.2) is 0 Å². The van der Waals surface area contributed by atoms with E-state index in [9.17, 15) is 9.59 Å². The summed E-state index contributed by atoms with van der Waals surface area (Å²) < 4.78 is 0. The number of nitrogens with two attached hydrogens (primary N) is 1. The number of carboxylic acids is 1. The Morgan fingerprint density at radius 2 is 1.87 bits per heavy atom. The van der Waals surface area contributed by atoms with Crippen molar-refractivity contribution in [3.8, 4) is 0 Å². The van der Waals surface area contributed by atoms with Crippen LogP contribution in [0.3, 0.4) is 0 Å². The first-order valence-corrected chi connectivity index (χ1v) is 4.27. The van der Waals surface area contributed by atoms with E-state index in [4.69, 9.17) is 10.8 Å². The summed E-state index contributed by atoms with van der Waals surface area (Å²) in [5.41, 5.74) is 5.27. The van der Waals surface area contributed by atoms with Crippen molar-refractivity contribution < 1.29 is 14.7 Å². The number of halogens is 2.